The molecule has 0 radical (unpaired) electrons. The van der Waals surface area contributed by atoms with E-state index in [1.807, 2.05) is 37.3 Å². The predicted molar refractivity (Wildman–Crippen MR) is 157 cm³/mol. The van der Waals surface area contributed by atoms with E-state index in [2.05, 4.69) is 101 Å². The highest BCUT2D eigenvalue weighted by Gasteiger charge is 2.35. The van der Waals surface area contributed by atoms with Crippen molar-refractivity contribution >= 4 is 6.09 Å². The maximum absolute atomic E-state index is 12.7. The number of carbonyl (C=O) groups is 1. The molecule has 1 aliphatic heterocycles. The molecule has 4 rings (SSSR count). The van der Waals surface area contributed by atoms with Gasteiger partial charge in [0.2, 0.25) is 0 Å². The van der Waals surface area contributed by atoms with E-state index >= 15 is 0 Å². The monoisotopic (exact) mass is 512 g/mol. The van der Waals surface area contributed by atoms with Gasteiger partial charge in [-0.25, -0.2) is 4.79 Å². The average Bonchev–Trinajstić information content (AvgIpc) is 3.32. The molecule has 1 amide bonds. The summed E-state index contributed by atoms with van der Waals surface area (Å²) in [7, 11) is 0. The number of benzene rings is 3. The standard InChI is InChI=1S/C34H44N2O2/c1-23(24-11-9-8-10-12-24)36-32(37)38-29-21-30(35-22-29)31(25-13-17-27(18-14-25)33(2,3)4)26-15-19-28(20-16-26)34(5,6)7/h8-20,23,29-31,35H,21-22H2,1-7H3,(H,36,37). The van der Waals surface area contributed by atoms with Crippen molar-refractivity contribution in [1.29, 1.82) is 0 Å². The molecule has 0 aliphatic carbocycles. The molecule has 1 aliphatic rings. The molecule has 0 bridgehead atoms. The third-order valence-electron chi connectivity index (χ3n) is 7.71. The smallest absolute Gasteiger partial charge is 0.407 e. The molecule has 3 aromatic rings. The molecule has 0 aromatic heterocycles. The number of hydrogen-bond donors (Lipinski definition) is 2. The summed E-state index contributed by atoms with van der Waals surface area (Å²) in [6.45, 7) is 16.1. The second kappa shape index (κ2) is 11.3. The van der Waals surface area contributed by atoms with Crippen LogP contribution in [0.25, 0.3) is 0 Å². The Hall–Kier alpha value is -3.11. The summed E-state index contributed by atoms with van der Waals surface area (Å²) in [4.78, 5) is 12.7. The summed E-state index contributed by atoms with van der Waals surface area (Å²) >= 11 is 0. The van der Waals surface area contributed by atoms with Gasteiger partial charge in [0.25, 0.3) is 0 Å². The Kier molecular flexibility index (Phi) is 8.32. The molecular weight excluding hydrogens is 468 g/mol. The van der Waals surface area contributed by atoms with Crippen molar-refractivity contribution in [2.24, 2.45) is 0 Å². The SMILES string of the molecule is CC(NC(=O)OC1CNC(C(c2ccc(C(C)(C)C)cc2)c2ccc(C(C)(C)C)cc2)C1)c1ccccc1. The minimum Gasteiger partial charge on any atom is -0.445 e. The first-order valence-corrected chi connectivity index (χ1v) is 13.9. The van der Waals surface area contributed by atoms with Gasteiger partial charge in [0.15, 0.2) is 0 Å². The van der Waals surface area contributed by atoms with Crippen molar-refractivity contribution in [3.05, 3.63) is 107 Å². The van der Waals surface area contributed by atoms with E-state index in [0.29, 0.717) is 6.54 Å². The molecule has 4 heteroatoms. The summed E-state index contributed by atoms with van der Waals surface area (Å²) in [6, 6.07) is 28.1. The molecule has 3 aromatic carbocycles. The zero-order valence-electron chi connectivity index (χ0n) is 24.0. The molecule has 38 heavy (non-hydrogen) atoms. The minimum atomic E-state index is -0.366. The molecular formula is C34H44N2O2. The second-order valence-electron chi connectivity index (χ2n) is 12.8. The number of rotatable bonds is 6. The van der Waals surface area contributed by atoms with E-state index in [4.69, 9.17) is 4.74 Å². The average molecular weight is 513 g/mol. The lowest BCUT2D eigenvalue weighted by Gasteiger charge is -2.27. The van der Waals surface area contributed by atoms with Gasteiger partial charge in [-0.1, -0.05) is 120 Å². The lowest BCUT2D eigenvalue weighted by Crippen LogP contribution is -2.31. The molecule has 3 unspecified atom stereocenters. The highest BCUT2D eigenvalue weighted by Crippen LogP contribution is 2.35. The summed E-state index contributed by atoms with van der Waals surface area (Å²) in [5.41, 5.74) is 6.49. The van der Waals surface area contributed by atoms with Gasteiger partial charge in [0.1, 0.15) is 6.10 Å². The van der Waals surface area contributed by atoms with Crippen molar-refractivity contribution in [2.45, 2.75) is 89.8 Å². The fourth-order valence-corrected chi connectivity index (χ4v) is 5.30. The third-order valence-corrected chi connectivity index (χ3v) is 7.71. The fraction of sp³-hybridized carbons (Fsp3) is 0.441. The van der Waals surface area contributed by atoms with Gasteiger partial charge < -0.3 is 15.4 Å². The van der Waals surface area contributed by atoms with Gasteiger partial charge in [-0.15, -0.1) is 0 Å². The Balaban J connectivity index is 1.51. The predicted octanol–water partition coefficient (Wildman–Crippen LogP) is 7.63. The molecule has 202 valence electrons. The van der Waals surface area contributed by atoms with Crippen LogP contribution in [0.4, 0.5) is 4.79 Å². The van der Waals surface area contributed by atoms with E-state index in [-0.39, 0.29) is 41.0 Å². The van der Waals surface area contributed by atoms with Crippen molar-refractivity contribution < 1.29 is 9.53 Å². The summed E-state index contributed by atoms with van der Waals surface area (Å²) in [5.74, 6) is 0.165. The molecule has 0 saturated carbocycles. The van der Waals surface area contributed by atoms with Crippen LogP contribution in [0.3, 0.4) is 0 Å². The molecule has 0 spiro atoms. The molecule has 2 N–H and O–H groups in total. The number of ether oxygens (including phenoxy) is 1. The number of alkyl carbamates (subject to hydrolysis) is 1. The first kappa shape index (κ1) is 27.9. The van der Waals surface area contributed by atoms with Crippen LogP contribution in [-0.2, 0) is 15.6 Å². The highest BCUT2D eigenvalue weighted by molar-refractivity contribution is 5.68. The lowest BCUT2D eigenvalue weighted by atomic mass is 9.80. The number of hydrogen-bond acceptors (Lipinski definition) is 3. The normalized spacial score (nSPS) is 18.8. The van der Waals surface area contributed by atoms with Crippen LogP contribution in [-0.4, -0.2) is 24.8 Å². The van der Waals surface area contributed by atoms with Crippen LogP contribution in [0, 0.1) is 0 Å². The third kappa shape index (κ3) is 6.85. The van der Waals surface area contributed by atoms with Crippen LogP contribution in [0.1, 0.15) is 94.7 Å². The summed E-state index contributed by atoms with van der Waals surface area (Å²) in [6.07, 6.45) is 0.224. The fourth-order valence-electron chi connectivity index (χ4n) is 5.30. The van der Waals surface area contributed by atoms with Crippen molar-refractivity contribution in [3.63, 3.8) is 0 Å². The van der Waals surface area contributed by atoms with E-state index in [0.717, 1.165) is 12.0 Å². The Labute approximate surface area is 229 Å². The van der Waals surface area contributed by atoms with Gasteiger partial charge in [0.05, 0.1) is 6.04 Å². The zero-order valence-corrected chi connectivity index (χ0v) is 24.0. The van der Waals surface area contributed by atoms with Crippen LogP contribution in [0.5, 0.6) is 0 Å². The molecule has 1 heterocycles. The first-order valence-electron chi connectivity index (χ1n) is 13.9. The number of carbonyl (C=O) groups excluding carboxylic acids is 1. The lowest BCUT2D eigenvalue weighted by molar-refractivity contribution is 0.103. The topological polar surface area (TPSA) is 50.4 Å². The van der Waals surface area contributed by atoms with Gasteiger partial charge in [-0.05, 0) is 45.6 Å². The zero-order chi connectivity index (χ0) is 27.5. The maximum atomic E-state index is 12.7. The molecule has 3 atom stereocenters. The van der Waals surface area contributed by atoms with Crippen LogP contribution in [0.2, 0.25) is 0 Å². The van der Waals surface area contributed by atoms with Gasteiger partial charge in [-0.2, -0.15) is 0 Å². The quantitative estimate of drug-likeness (QED) is 0.357. The summed E-state index contributed by atoms with van der Waals surface area (Å²) in [5, 5.41) is 6.66. The van der Waals surface area contributed by atoms with E-state index < -0.39 is 0 Å². The van der Waals surface area contributed by atoms with Gasteiger partial charge in [-0.3, -0.25) is 0 Å². The van der Waals surface area contributed by atoms with Crippen LogP contribution >= 0.6 is 0 Å². The highest BCUT2D eigenvalue weighted by atomic mass is 16.6. The van der Waals surface area contributed by atoms with E-state index in [1.165, 1.54) is 22.3 Å². The minimum absolute atomic E-state index is 0.107. The Morgan fingerprint density at radius 3 is 1.76 bits per heavy atom. The maximum Gasteiger partial charge on any atom is 0.407 e. The number of nitrogens with one attached hydrogen (secondary N) is 2. The second-order valence-corrected chi connectivity index (χ2v) is 12.8. The van der Waals surface area contributed by atoms with Crippen molar-refractivity contribution in [3.8, 4) is 0 Å². The Morgan fingerprint density at radius 1 is 0.789 bits per heavy atom. The van der Waals surface area contributed by atoms with Crippen molar-refractivity contribution in [2.75, 3.05) is 6.54 Å². The van der Waals surface area contributed by atoms with Crippen LogP contribution in [0.15, 0.2) is 78.9 Å². The first-order chi connectivity index (χ1) is 17.9. The molecule has 4 nitrogen and oxygen atoms in total. The van der Waals surface area contributed by atoms with Gasteiger partial charge in [0, 0.05) is 24.9 Å². The van der Waals surface area contributed by atoms with E-state index in [1.54, 1.807) is 0 Å². The van der Waals surface area contributed by atoms with Crippen molar-refractivity contribution in [1.82, 2.24) is 10.6 Å². The van der Waals surface area contributed by atoms with Gasteiger partial charge >= 0.3 is 6.09 Å². The van der Waals surface area contributed by atoms with E-state index in [9.17, 15) is 4.79 Å². The Morgan fingerprint density at radius 2 is 1.29 bits per heavy atom. The Bertz CT molecular complexity index is 1130. The van der Waals surface area contributed by atoms with Crippen LogP contribution < -0.4 is 10.6 Å². The molecule has 1 saturated heterocycles. The largest absolute Gasteiger partial charge is 0.445 e. The molecule has 1 fully saturated rings. The number of amides is 1. The summed E-state index contributed by atoms with van der Waals surface area (Å²) < 4.78 is 5.87.